The lowest BCUT2D eigenvalue weighted by atomic mass is 10.1. The Bertz CT molecular complexity index is 1230. The van der Waals surface area contributed by atoms with Crippen molar-refractivity contribution >= 4 is 17.5 Å². The Labute approximate surface area is 186 Å². The van der Waals surface area contributed by atoms with Gasteiger partial charge in [-0.05, 0) is 55.0 Å². The van der Waals surface area contributed by atoms with Gasteiger partial charge in [0, 0.05) is 36.5 Å². The zero-order chi connectivity index (χ0) is 23.7. The van der Waals surface area contributed by atoms with Gasteiger partial charge in [0.05, 0.1) is 5.56 Å². The Morgan fingerprint density at radius 1 is 1.00 bits per heavy atom. The van der Waals surface area contributed by atoms with Gasteiger partial charge in [-0.15, -0.1) is 0 Å². The van der Waals surface area contributed by atoms with Crippen molar-refractivity contribution in [3.05, 3.63) is 94.6 Å². The van der Waals surface area contributed by atoms with Gasteiger partial charge in [0.1, 0.15) is 29.0 Å². The molecule has 0 aliphatic carbocycles. The average Bonchev–Trinajstić information content (AvgIpc) is 2.84. The van der Waals surface area contributed by atoms with Gasteiger partial charge in [-0.1, -0.05) is 0 Å². The van der Waals surface area contributed by atoms with Gasteiger partial charge < -0.3 is 15.0 Å². The van der Waals surface area contributed by atoms with E-state index in [0.717, 1.165) is 30.3 Å². The number of ether oxygens (including phenoxy) is 1. The molecule has 1 aliphatic rings. The summed E-state index contributed by atoms with van der Waals surface area (Å²) in [7, 11) is 0. The molecule has 1 heterocycles. The fraction of sp³-hybridized carbons (Fsp3) is 0.167. The monoisotopic (exact) mass is 458 g/mol. The number of fused-ring (bicyclic) bond motifs is 1. The Kier molecular flexibility index (Phi) is 6.04. The molecule has 0 radical (unpaired) electrons. The number of carbonyl (C=O) groups is 2. The third-order valence-corrected chi connectivity index (χ3v) is 5.11. The van der Waals surface area contributed by atoms with Crippen LogP contribution in [-0.4, -0.2) is 22.8 Å². The van der Waals surface area contributed by atoms with Gasteiger partial charge in [0.2, 0.25) is 0 Å². The van der Waals surface area contributed by atoms with Crippen LogP contribution in [0.15, 0.2) is 54.6 Å². The van der Waals surface area contributed by atoms with E-state index in [1.807, 2.05) is 0 Å². The van der Waals surface area contributed by atoms with E-state index in [-0.39, 0.29) is 30.1 Å². The summed E-state index contributed by atoms with van der Waals surface area (Å²) in [6, 6.07) is 10.3. The largest absolute Gasteiger partial charge is 0.481 e. The Morgan fingerprint density at radius 2 is 1.73 bits per heavy atom. The first-order valence-electron chi connectivity index (χ1n) is 9.99. The number of hydrogen-bond donors (Lipinski definition) is 1. The second-order valence-electron chi connectivity index (χ2n) is 7.63. The van der Waals surface area contributed by atoms with Crippen LogP contribution >= 0.6 is 0 Å². The first kappa shape index (κ1) is 22.3. The predicted octanol–water partition coefficient (Wildman–Crippen LogP) is 4.81. The second kappa shape index (κ2) is 8.93. The maximum atomic E-state index is 13.9. The summed E-state index contributed by atoms with van der Waals surface area (Å²) in [6.07, 6.45) is -0.849. The molecule has 1 N–H and O–H groups in total. The van der Waals surface area contributed by atoms with Crippen LogP contribution in [-0.2, 0) is 17.9 Å². The third kappa shape index (κ3) is 4.97. The lowest BCUT2D eigenvalue weighted by Crippen LogP contribution is -2.37. The minimum Gasteiger partial charge on any atom is -0.481 e. The molecule has 0 bridgehead atoms. The molecular weight excluding hydrogens is 440 g/mol. The summed E-state index contributed by atoms with van der Waals surface area (Å²) in [5, 5.41) is 2.53. The summed E-state index contributed by atoms with van der Waals surface area (Å²) in [4.78, 5) is 26.6. The molecule has 0 spiro atoms. The normalized spacial score (nSPS) is 15.5. The van der Waals surface area contributed by atoms with Crippen LogP contribution < -0.4 is 10.1 Å². The maximum Gasteiger partial charge on any atom is 0.263 e. The van der Waals surface area contributed by atoms with E-state index >= 15 is 0 Å². The first-order valence-corrected chi connectivity index (χ1v) is 9.99. The van der Waals surface area contributed by atoms with Crippen LogP contribution in [0.1, 0.15) is 28.4 Å². The van der Waals surface area contributed by atoms with Gasteiger partial charge in [-0.2, -0.15) is 0 Å². The maximum absolute atomic E-state index is 13.9. The number of rotatable bonds is 4. The van der Waals surface area contributed by atoms with Gasteiger partial charge in [-0.3, -0.25) is 9.59 Å². The predicted molar refractivity (Wildman–Crippen MR) is 111 cm³/mol. The molecule has 3 aromatic rings. The molecule has 9 heteroatoms. The van der Waals surface area contributed by atoms with Gasteiger partial charge >= 0.3 is 0 Å². The molecule has 4 rings (SSSR count). The fourth-order valence-electron chi connectivity index (χ4n) is 3.61. The van der Waals surface area contributed by atoms with E-state index in [4.69, 9.17) is 4.74 Å². The van der Waals surface area contributed by atoms with Crippen LogP contribution in [0, 0.1) is 23.3 Å². The van der Waals surface area contributed by atoms with E-state index in [2.05, 4.69) is 5.32 Å². The summed E-state index contributed by atoms with van der Waals surface area (Å²) in [6.45, 7) is 1.55. The van der Waals surface area contributed by atoms with Crippen molar-refractivity contribution in [3.8, 4) is 5.75 Å². The van der Waals surface area contributed by atoms with E-state index < -0.39 is 35.3 Å². The number of nitrogens with zero attached hydrogens (tertiary/aromatic N) is 1. The third-order valence-electron chi connectivity index (χ3n) is 5.11. The highest BCUT2D eigenvalue weighted by molar-refractivity contribution is 6.04. The molecule has 0 fully saturated rings. The number of amides is 2. The Morgan fingerprint density at radius 3 is 2.42 bits per heavy atom. The average molecular weight is 458 g/mol. The van der Waals surface area contributed by atoms with Crippen molar-refractivity contribution in [2.45, 2.75) is 26.1 Å². The number of nitrogens with one attached hydrogen (secondary N) is 1. The zero-order valence-corrected chi connectivity index (χ0v) is 17.4. The second-order valence-corrected chi connectivity index (χ2v) is 7.63. The first-order chi connectivity index (χ1) is 15.7. The Balaban J connectivity index is 1.58. The summed E-state index contributed by atoms with van der Waals surface area (Å²) in [5.74, 6) is -4.07. The number of hydrogen-bond acceptors (Lipinski definition) is 3. The van der Waals surface area contributed by atoms with Crippen LogP contribution in [0.5, 0.6) is 5.75 Å². The molecule has 1 aliphatic heterocycles. The number of halogens is 4. The highest BCUT2D eigenvalue weighted by atomic mass is 19.1. The molecule has 0 aromatic heterocycles. The lowest BCUT2D eigenvalue weighted by Gasteiger charge is -2.22. The van der Waals surface area contributed by atoms with Crippen molar-refractivity contribution < 1.29 is 31.9 Å². The lowest BCUT2D eigenvalue weighted by molar-refractivity contribution is -0.138. The molecular formula is C24H18F4N2O3. The van der Waals surface area contributed by atoms with E-state index in [1.54, 1.807) is 19.1 Å². The molecule has 33 heavy (non-hydrogen) atoms. The topological polar surface area (TPSA) is 58.6 Å². The quantitative estimate of drug-likeness (QED) is 0.572. The SMILES string of the molecule is C[C@@H]1Oc2ccc(NC(=O)c3ccc(F)cc3F)cc2CN(Cc2cc(F)cc(F)c2)C1=O. The molecule has 0 unspecified atom stereocenters. The summed E-state index contributed by atoms with van der Waals surface area (Å²) in [5.41, 5.74) is 0.765. The number of benzene rings is 3. The smallest absolute Gasteiger partial charge is 0.263 e. The van der Waals surface area contributed by atoms with Crippen molar-refractivity contribution in [2.75, 3.05) is 5.32 Å². The molecule has 5 nitrogen and oxygen atoms in total. The van der Waals surface area contributed by atoms with E-state index in [9.17, 15) is 27.2 Å². The summed E-state index contributed by atoms with van der Waals surface area (Å²) >= 11 is 0. The van der Waals surface area contributed by atoms with Crippen molar-refractivity contribution in [3.63, 3.8) is 0 Å². The van der Waals surface area contributed by atoms with Gasteiger partial charge in [-0.25, -0.2) is 17.6 Å². The van der Waals surface area contributed by atoms with Crippen LogP contribution in [0.25, 0.3) is 0 Å². The van der Waals surface area contributed by atoms with Crippen molar-refractivity contribution in [2.24, 2.45) is 0 Å². The number of anilines is 1. The highest BCUT2D eigenvalue weighted by Gasteiger charge is 2.28. The van der Waals surface area contributed by atoms with Crippen LogP contribution in [0.4, 0.5) is 23.2 Å². The van der Waals surface area contributed by atoms with E-state index in [0.29, 0.717) is 23.1 Å². The standard InChI is InChI=1S/C24H18F4N2O3/c1-13-24(32)30(11-14-6-17(26)9-18(27)7-14)12-15-8-19(3-5-22(15)33-13)29-23(31)20-4-2-16(25)10-21(20)28/h2-10,13H,11-12H2,1H3,(H,29,31)/t13-/m0/s1. The van der Waals surface area contributed by atoms with E-state index in [1.165, 1.54) is 11.0 Å². The number of carbonyl (C=O) groups excluding carboxylic acids is 2. The molecule has 1 atom stereocenters. The minimum atomic E-state index is -1.00. The van der Waals surface area contributed by atoms with Crippen molar-refractivity contribution in [1.29, 1.82) is 0 Å². The van der Waals surface area contributed by atoms with Gasteiger partial charge in [0.15, 0.2) is 6.10 Å². The minimum absolute atomic E-state index is 0.0469. The van der Waals surface area contributed by atoms with Crippen LogP contribution in [0.2, 0.25) is 0 Å². The molecule has 170 valence electrons. The fourth-order valence-corrected chi connectivity index (χ4v) is 3.61. The molecule has 3 aromatic carbocycles. The van der Waals surface area contributed by atoms with Crippen molar-refractivity contribution in [1.82, 2.24) is 4.90 Å². The summed E-state index contributed by atoms with van der Waals surface area (Å²) < 4.78 is 59.9. The highest BCUT2D eigenvalue weighted by Crippen LogP contribution is 2.30. The molecule has 0 saturated heterocycles. The zero-order valence-electron chi connectivity index (χ0n) is 17.4. The Hall–Kier alpha value is -3.88. The molecule has 2 amide bonds. The van der Waals surface area contributed by atoms with Crippen LogP contribution in [0.3, 0.4) is 0 Å². The molecule has 0 saturated carbocycles. The van der Waals surface area contributed by atoms with Gasteiger partial charge in [0.25, 0.3) is 11.8 Å².